The fourth-order valence-corrected chi connectivity index (χ4v) is 4.32. The van der Waals surface area contributed by atoms with Gasteiger partial charge in [0.2, 0.25) is 0 Å². The van der Waals surface area contributed by atoms with E-state index in [2.05, 4.69) is 27.0 Å². The van der Waals surface area contributed by atoms with Gasteiger partial charge in [-0.2, -0.15) is 18.3 Å². The molecule has 0 atom stereocenters. The smallest absolute Gasteiger partial charge is 0.273 e. The van der Waals surface area contributed by atoms with Crippen molar-refractivity contribution in [2.45, 2.75) is 45.2 Å². The molecule has 4 rings (SSSR count). The lowest BCUT2D eigenvalue weighted by Gasteiger charge is -2.08. The molecule has 0 radical (unpaired) electrons. The molecule has 0 saturated carbocycles. The third-order valence-electron chi connectivity index (χ3n) is 5.17. The largest absolute Gasteiger partial charge is 0.432 e. The molecule has 0 aliphatic rings. The molecule has 0 bridgehead atoms. The molecule has 178 valence electrons. The van der Waals surface area contributed by atoms with Gasteiger partial charge in [-0.15, -0.1) is 11.3 Å². The summed E-state index contributed by atoms with van der Waals surface area (Å²) in [5.74, 6) is -1.75. The lowest BCUT2D eigenvalue weighted by atomic mass is 10.1. The Bertz CT molecular complexity index is 1280. The fourth-order valence-electron chi connectivity index (χ4n) is 3.44. The second-order valence-electron chi connectivity index (χ2n) is 7.68. The number of rotatable bonds is 8. The summed E-state index contributed by atoms with van der Waals surface area (Å²) < 4.78 is 67.2. The molecule has 0 saturated heterocycles. The number of aromatic nitrogens is 5. The summed E-state index contributed by atoms with van der Waals surface area (Å²) in [6.45, 7) is 2.12. The Hall–Kier alpha value is -3.21. The van der Waals surface area contributed by atoms with E-state index in [1.54, 1.807) is 0 Å². The number of thiophene rings is 1. The quantitative estimate of drug-likeness (QED) is 0.210. The molecule has 0 amide bonds. The molecule has 1 N–H and O–H groups in total. The molecule has 3 heterocycles. The van der Waals surface area contributed by atoms with Gasteiger partial charge in [0.05, 0.1) is 10.4 Å². The summed E-state index contributed by atoms with van der Waals surface area (Å²) in [5.41, 5.74) is -0.340. The maximum Gasteiger partial charge on any atom is 0.432 e. The van der Waals surface area contributed by atoms with E-state index in [1.807, 2.05) is 16.5 Å². The molecule has 1 aromatic carbocycles. The van der Waals surface area contributed by atoms with Crippen molar-refractivity contribution < 1.29 is 22.0 Å². The molecule has 0 unspecified atom stereocenters. The molecule has 0 fully saturated rings. The standard InChI is InChI=1S/C23H20F5N5S/c1-2-3-4-5-6-13-9-10-34-19(13)22-30-20(15-8-7-14(24)11-16(15)25)29-21(31-22)17-12-18(33-32-17)23(26,27)28/h7-12H,2-6H2,1H3,(H,32,33). The SMILES string of the molecule is CCCCCCc1ccsc1-c1nc(-c2cc(C(F)(F)F)[nH]n2)nc(-c2ccc(F)cc2F)n1. The second-order valence-corrected chi connectivity index (χ2v) is 8.60. The summed E-state index contributed by atoms with van der Waals surface area (Å²) in [7, 11) is 0. The molecular weight excluding hydrogens is 473 g/mol. The highest BCUT2D eigenvalue weighted by Crippen LogP contribution is 2.33. The minimum Gasteiger partial charge on any atom is -0.273 e. The zero-order valence-corrected chi connectivity index (χ0v) is 18.9. The van der Waals surface area contributed by atoms with Crippen molar-refractivity contribution in [1.82, 2.24) is 25.1 Å². The lowest BCUT2D eigenvalue weighted by molar-refractivity contribution is -0.141. The van der Waals surface area contributed by atoms with Gasteiger partial charge in [0.1, 0.15) is 23.0 Å². The van der Waals surface area contributed by atoms with Crippen LogP contribution in [0.2, 0.25) is 0 Å². The van der Waals surface area contributed by atoms with Crippen LogP contribution in [0.25, 0.3) is 33.6 Å². The van der Waals surface area contributed by atoms with Crippen molar-refractivity contribution >= 4 is 11.3 Å². The summed E-state index contributed by atoms with van der Waals surface area (Å²) in [4.78, 5) is 13.6. The van der Waals surface area contributed by atoms with Gasteiger partial charge < -0.3 is 0 Å². The average molecular weight is 494 g/mol. The van der Waals surface area contributed by atoms with Crippen LogP contribution < -0.4 is 0 Å². The maximum absolute atomic E-state index is 14.5. The normalized spacial score (nSPS) is 11.8. The van der Waals surface area contributed by atoms with Gasteiger partial charge in [-0.3, -0.25) is 5.10 Å². The van der Waals surface area contributed by atoms with Crippen LogP contribution >= 0.6 is 11.3 Å². The number of nitrogens with zero attached hydrogens (tertiary/aromatic N) is 4. The van der Waals surface area contributed by atoms with Gasteiger partial charge in [-0.05, 0) is 48.1 Å². The zero-order chi connectivity index (χ0) is 24.3. The van der Waals surface area contributed by atoms with Crippen LogP contribution in [-0.2, 0) is 12.6 Å². The van der Waals surface area contributed by atoms with Crippen LogP contribution in [0.4, 0.5) is 22.0 Å². The van der Waals surface area contributed by atoms with Gasteiger partial charge in [0.15, 0.2) is 17.5 Å². The molecule has 0 spiro atoms. The molecule has 34 heavy (non-hydrogen) atoms. The van der Waals surface area contributed by atoms with E-state index in [0.29, 0.717) is 6.07 Å². The summed E-state index contributed by atoms with van der Waals surface area (Å²) in [6, 6.07) is 5.66. The number of aromatic amines is 1. The highest BCUT2D eigenvalue weighted by Gasteiger charge is 2.33. The van der Waals surface area contributed by atoms with E-state index >= 15 is 0 Å². The Labute approximate surface area is 196 Å². The van der Waals surface area contributed by atoms with Crippen molar-refractivity contribution in [2.75, 3.05) is 0 Å². The second kappa shape index (κ2) is 9.96. The Kier molecular flexibility index (Phi) is 7.01. The number of hydrogen-bond donors (Lipinski definition) is 1. The van der Waals surface area contributed by atoms with Crippen LogP contribution in [0.3, 0.4) is 0 Å². The van der Waals surface area contributed by atoms with Gasteiger partial charge in [0, 0.05) is 6.07 Å². The van der Waals surface area contributed by atoms with Crippen LogP contribution in [0.1, 0.15) is 43.9 Å². The minimum absolute atomic E-state index is 0.0982. The first kappa shape index (κ1) is 23.9. The number of benzene rings is 1. The summed E-state index contributed by atoms with van der Waals surface area (Å²) >= 11 is 1.38. The van der Waals surface area contributed by atoms with Crippen molar-refractivity contribution in [2.24, 2.45) is 0 Å². The van der Waals surface area contributed by atoms with E-state index in [1.165, 1.54) is 17.4 Å². The van der Waals surface area contributed by atoms with Crippen molar-refractivity contribution in [3.05, 3.63) is 58.6 Å². The molecule has 4 aromatic rings. The maximum atomic E-state index is 14.5. The van der Waals surface area contributed by atoms with Crippen molar-refractivity contribution in [3.8, 4) is 33.6 Å². The first-order valence-corrected chi connectivity index (χ1v) is 11.6. The van der Waals surface area contributed by atoms with Gasteiger partial charge >= 0.3 is 6.18 Å². The van der Waals surface area contributed by atoms with E-state index in [9.17, 15) is 22.0 Å². The molecular formula is C23H20F5N5S. The number of aryl methyl sites for hydroxylation is 1. The van der Waals surface area contributed by atoms with Crippen molar-refractivity contribution in [1.29, 1.82) is 0 Å². The monoisotopic (exact) mass is 493 g/mol. The molecule has 5 nitrogen and oxygen atoms in total. The van der Waals surface area contributed by atoms with Crippen LogP contribution in [-0.4, -0.2) is 25.1 Å². The third-order valence-corrected chi connectivity index (χ3v) is 6.12. The van der Waals surface area contributed by atoms with Crippen LogP contribution in [0, 0.1) is 11.6 Å². The number of hydrogen-bond acceptors (Lipinski definition) is 5. The molecule has 3 aromatic heterocycles. The number of alkyl halides is 3. The van der Waals surface area contributed by atoms with E-state index in [0.717, 1.165) is 54.7 Å². The number of unbranched alkanes of at least 4 members (excludes halogenated alkanes) is 3. The summed E-state index contributed by atoms with van der Waals surface area (Å²) in [5, 5.41) is 7.50. The summed E-state index contributed by atoms with van der Waals surface area (Å²) in [6.07, 6.45) is 0.387. The highest BCUT2D eigenvalue weighted by molar-refractivity contribution is 7.13. The number of H-pyrrole nitrogens is 1. The predicted molar refractivity (Wildman–Crippen MR) is 119 cm³/mol. The van der Waals surface area contributed by atoms with E-state index in [4.69, 9.17) is 0 Å². The Morgan fingerprint density at radius 2 is 1.68 bits per heavy atom. The Morgan fingerprint density at radius 3 is 2.38 bits per heavy atom. The Balaban J connectivity index is 1.80. The molecule has 11 heteroatoms. The zero-order valence-electron chi connectivity index (χ0n) is 18.1. The van der Waals surface area contributed by atoms with E-state index < -0.39 is 23.5 Å². The predicted octanol–water partition coefficient (Wildman–Crippen LogP) is 7.08. The number of nitrogens with one attached hydrogen (secondary N) is 1. The lowest BCUT2D eigenvalue weighted by Crippen LogP contribution is -2.04. The van der Waals surface area contributed by atoms with E-state index in [-0.39, 0.29) is 28.7 Å². The average Bonchev–Trinajstić information content (AvgIpc) is 3.46. The highest BCUT2D eigenvalue weighted by atomic mass is 32.1. The first-order valence-electron chi connectivity index (χ1n) is 10.7. The molecule has 0 aliphatic carbocycles. The van der Waals surface area contributed by atoms with Gasteiger partial charge in [0.25, 0.3) is 0 Å². The Morgan fingerprint density at radius 1 is 0.912 bits per heavy atom. The number of halogens is 5. The topological polar surface area (TPSA) is 67.3 Å². The fraction of sp³-hybridized carbons (Fsp3) is 0.304. The first-order chi connectivity index (χ1) is 16.3. The van der Waals surface area contributed by atoms with Crippen LogP contribution in [0.15, 0.2) is 35.7 Å². The minimum atomic E-state index is -4.63. The van der Waals surface area contributed by atoms with Gasteiger partial charge in [-0.1, -0.05) is 26.2 Å². The molecule has 0 aliphatic heterocycles. The van der Waals surface area contributed by atoms with Crippen molar-refractivity contribution in [3.63, 3.8) is 0 Å². The van der Waals surface area contributed by atoms with Gasteiger partial charge in [-0.25, -0.2) is 23.7 Å². The third kappa shape index (κ3) is 5.30. The van der Waals surface area contributed by atoms with Crippen LogP contribution in [0.5, 0.6) is 0 Å².